The van der Waals surface area contributed by atoms with Crippen LogP contribution in [0.25, 0.3) is 0 Å². The molecule has 110 valence electrons. The molecular formula is C15H17F3O2. The Kier molecular flexibility index (Phi) is 4.68. The highest BCUT2D eigenvalue weighted by Gasteiger charge is 2.31. The molecule has 0 atom stereocenters. The summed E-state index contributed by atoms with van der Waals surface area (Å²) >= 11 is 0. The van der Waals surface area contributed by atoms with Crippen LogP contribution in [0, 0.1) is 5.92 Å². The van der Waals surface area contributed by atoms with Gasteiger partial charge in [0.05, 0.1) is 0 Å². The lowest BCUT2D eigenvalue weighted by atomic mass is 9.85. The second-order valence-electron chi connectivity index (χ2n) is 5.21. The lowest BCUT2D eigenvalue weighted by Crippen LogP contribution is -2.17. The molecular weight excluding hydrogens is 269 g/mol. The number of hydrogen-bond acceptors (Lipinski definition) is 2. The van der Waals surface area contributed by atoms with E-state index in [-0.39, 0.29) is 17.1 Å². The fourth-order valence-corrected chi connectivity index (χ4v) is 2.64. The maximum Gasteiger partial charge on any atom is 0.573 e. The second-order valence-corrected chi connectivity index (χ2v) is 5.21. The maximum absolute atomic E-state index is 12.1. The number of carbonyl (C=O) groups is 1. The van der Waals surface area contributed by atoms with E-state index in [0.29, 0.717) is 12.3 Å². The van der Waals surface area contributed by atoms with Crippen LogP contribution in [0.2, 0.25) is 0 Å². The Morgan fingerprint density at radius 2 is 1.90 bits per heavy atom. The molecule has 2 nitrogen and oxygen atoms in total. The molecule has 1 aliphatic carbocycles. The lowest BCUT2D eigenvalue weighted by molar-refractivity contribution is -0.274. The van der Waals surface area contributed by atoms with Crippen LogP contribution in [0.1, 0.15) is 48.9 Å². The number of hydrogen-bond donors (Lipinski definition) is 0. The summed E-state index contributed by atoms with van der Waals surface area (Å²) in [6.07, 6.45) is 1.22. The fraction of sp³-hybridized carbons (Fsp3) is 0.533. The molecule has 0 aliphatic heterocycles. The van der Waals surface area contributed by atoms with E-state index in [0.717, 1.165) is 25.7 Å². The normalized spacial score (nSPS) is 16.9. The molecule has 5 heteroatoms. The molecule has 1 saturated carbocycles. The zero-order valence-electron chi connectivity index (χ0n) is 11.1. The van der Waals surface area contributed by atoms with Crippen LogP contribution in [0.4, 0.5) is 13.2 Å². The van der Waals surface area contributed by atoms with Gasteiger partial charge in [-0.3, -0.25) is 4.79 Å². The van der Waals surface area contributed by atoms with Crippen LogP contribution < -0.4 is 4.74 Å². The van der Waals surface area contributed by atoms with Gasteiger partial charge < -0.3 is 4.74 Å². The molecule has 1 aromatic rings. The first-order chi connectivity index (χ1) is 9.44. The van der Waals surface area contributed by atoms with Crippen molar-refractivity contribution in [1.29, 1.82) is 0 Å². The largest absolute Gasteiger partial charge is 0.573 e. The summed E-state index contributed by atoms with van der Waals surface area (Å²) in [5.74, 6) is -0.0834. The minimum Gasteiger partial charge on any atom is -0.406 e. The van der Waals surface area contributed by atoms with Gasteiger partial charge in [0.15, 0.2) is 5.78 Å². The van der Waals surface area contributed by atoms with Gasteiger partial charge in [-0.05, 0) is 18.1 Å². The van der Waals surface area contributed by atoms with Crippen molar-refractivity contribution in [2.75, 3.05) is 0 Å². The third-order valence-corrected chi connectivity index (χ3v) is 3.59. The molecule has 1 aliphatic rings. The van der Waals surface area contributed by atoms with Crippen LogP contribution in [0.5, 0.6) is 5.75 Å². The lowest BCUT2D eigenvalue weighted by Gasteiger charge is -2.20. The quantitative estimate of drug-likeness (QED) is 0.747. The van der Waals surface area contributed by atoms with Gasteiger partial charge in [0, 0.05) is 12.0 Å². The molecule has 0 heterocycles. The first-order valence-corrected chi connectivity index (χ1v) is 6.83. The van der Waals surface area contributed by atoms with Crippen molar-refractivity contribution in [2.24, 2.45) is 5.92 Å². The van der Waals surface area contributed by atoms with Crippen LogP contribution in [0.3, 0.4) is 0 Å². The first-order valence-electron chi connectivity index (χ1n) is 6.83. The summed E-state index contributed by atoms with van der Waals surface area (Å²) in [6, 6.07) is 5.31. The van der Waals surface area contributed by atoms with Gasteiger partial charge in [-0.25, -0.2) is 0 Å². The Bertz CT molecular complexity index is 462. The van der Waals surface area contributed by atoms with Crippen molar-refractivity contribution >= 4 is 5.78 Å². The van der Waals surface area contributed by atoms with Gasteiger partial charge in [0.25, 0.3) is 0 Å². The zero-order valence-corrected chi connectivity index (χ0v) is 11.1. The van der Waals surface area contributed by atoms with Crippen molar-refractivity contribution in [3.05, 3.63) is 29.8 Å². The summed E-state index contributed by atoms with van der Waals surface area (Å²) in [5.41, 5.74) is 0.289. The van der Waals surface area contributed by atoms with E-state index in [1.165, 1.54) is 30.7 Å². The smallest absolute Gasteiger partial charge is 0.406 e. The van der Waals surface area contributed by atoms with Crippen molar-refractivity contribution < 1.29 is 22.7 Å². The average Bonchev–Trinajstić information content (AvgIpc) is 2.38. The molecule has 0 unspecified atom stereocenters. The van der Waals surface area contributed by atoms with Crippen molar-refractivity contribution in [1.82, 2.24) is 0 Å². The summed E-state index contributed by atoms with van der Waals surface area (Å²) in [5, 5.41) is 0. The summed E-state index contributed by atoms with van der Waals surface area (Å²) < 4.78 is 40.2. The summed E-state index contributed by atoms with van der Waals surface area (Å²) in [7, 11) is 0. The Balaban J connectivity index is 2.00. The highest BCUT2D eigenvalue weighted by atomic mass is 19.4. The number of rotatable bonds is 4. The predicted octanol–water partition coefficient (Wildman–Crippen LogP) is 4.74. The molecule has 1 aromatic carbocycles. The van der Waals surface area contributed by atoms with Gasteiger partial charge in [0.2, 0.25) is 0 Å². The Morgan fingerprint density at radius 3 is 2.55 bits per heavy atom. The molecule has 1 fully saturated rings. The van der Waals surface area contributed by atoms with Crippen molar-refractivity contribution in [3.8, 4) is 5.75 Å². The number of Topliss-reactive ketones (excluding diaryl/α,β-unsaturated/α-hetero) is 1. The number of ether oxygens (including phenoxy) is 1. The standard InChI is InChI=1S/C15H17F3O2/c16-15(17,18)20-13-8-4-7-12(10-13)14(19)9-11-5-2-1-3-6-11/h4,7-8,10-11H,1-3,5-6,9H2. The molecule has 2 rings (SSSR count). The van der Waals surface area contributed by atoms with Gasteiger partial charge in [-0.1, -0.05) is 44.2 Å². The number of carbonyl (C=O) groups excluding carboxylic acids is 1. The molecule has 0 N–H and O–H groups in total. The van der Waals surface area contributed by atoms with E-state index >= 15 is 0 Å². The first kappa shape index (κ1) is 14.9. The molecule has 0 spiro atoms. The molecule has 0 bridgehead atoms. The number of ketones is 1. The maximum atomic E-state index is 12.1. The monoisotopic (exact) mass is 286 g/mol. The number of benzene rings is 1. The zero-order chi connectivity index (χ0) is 14.6. The van der Waals surface area contributed by atoms with Crippen LogP contribution in [0.15, 0.2) is 24.3 Å². The van der Waals surface area contributed by atoms with Gasteiger partial charge in [0.1, 0.15) is 5.75 Å². The minimum absolute atomic E-state index is 0.107. The van der Waals surface area contributed by atoms with Gasteiger partial charge >= 0.3 is 6.36 Å². The van der Waals surface area contributed by atoms with Crippen molar-refractivity contribution in [2.45, 2.75) is 44.9 Å². The molecule has 0 amide bonds. The number of alkyl halides is 3. The highest BCUT2D eigenvalue weighted by molar-refractivity contribution is 5.96. The van der Waals surface area contributed by atoms with E-state index < -0.39 is 6.36 Å². The third kappa shape index (κ3) is 4.54. The SMILES string of the molecule is O=C(CC1CCCCC1)c1cccc(OC(F)(F)F)c1. The molecule has 0 saturated heterocycles. The molecule has 20 heavy (non-hydrogen) atoms. The van der Waals surface area contributed by atoms with E-state index in [9.17, 15) is 18.0 Å². The van der Waals surface area contributed by atoms with Crippen LogP contribution in [-0.2, 0) is 0 Å². The minimum atomic E-state index is -4.73. The fourth-order valence-electron chi connectivity index (χ4n) is 2.64. The Morgan fingerprint density at radius 1 is 1.20 bits per heavy atom. The van der Waals surface area contributed by atoms with Crippen LogP contribution in [-0.4, -0.2) is 12.1 Å². The summed E-state index contributed by atoms with van der Waals surface area (Å²) in [6.45, 7) is 0. The average molecular weight is 286 g/mol. The van der Waals surface area contributed by atoms with E-state index in [2.05, 4.69) is 4.74 Å². The number of halogens is 3. The van der Waals surface area contributed by atoms with Gasteiger partial charge in [-0.2, -0.15) is 0 Å². The van der Waals surface area contributed by atoms with Crippen molar-refractivity contribution in [3.63, 3.8) is 0 Å². The van der Waals surface area contributed by atoms with E-state index in [1.54, 1.807) is 0 Å². The topological polar surface area (TPSA) is 26.3 Å². The third-order valence-electron chi connectivity index (χ3n) is 3.59. The molecule has 0 aromatic heterocycles. The van der Waals surface area contributed by atoms with E-state index in [1.807, 2.05) is 0 Å². The van der Waals surface area contributed by atoms with Crippen LogP contribution >= 0.6 is 0 Å². The summed E-state index contributed by atoms with van der Waals surface area (Å²) in [4.78, 5) is 12.1. The molecule has 0 radical (unpaired) electrons. The Hall–Kier alpha value is -1.52. The predicted molar refractivity (Wildman–Crippen MR) is 68.6 cm³/mol. The van der Waals surface area contributed by atoms with E-state index in [4.69, 9.17) is 0 Å². The Labute approximate surface area is 115 Å². The highest BCUT2D eigenvalue weighted by Crippen LogP contribution is 2.29. The second kappa shape index (κ2) is 6.29. The van der Waals surface area contributed by atoms with Gasteiger partial charge in [-0.15, -0.1) is 13.2 Å².